The van der Waals surface area contributed by atoms with Gasteiger partial charge in [-0.05, 0) is 22.0 Å². The van der Waals surface area contributed by atoms with Crippen molar-refractivity contribution in [3.05, 3.63) is 21.9 Å². The Kier molecular flexibility index (Phi) is 3.36. The van der Waals surface area contributed by atoms with E-state index in [0.717, 1.165) is 6.07 Å². The summed E-state index contributed by atoms with van der Waals surface area (Å²) in [7, 11) is 0. The number of rotatable bonds is 2. The summed E-state index contributed by atoms with van der Waals surface area (Å²) in [5.74, 6) is 0. The van der Waals surface area contributed by atoms with Gasteiger partial charge in [-0.1, -0.05) is 0 Å². The number of anilines is 1. The van der Waals surface area contributed by atoms with Gasteiger partial charge in [-0.3, -0.25) is 0 Å². The van der Waals surface area contributed by atoms with Gasteiger partial charge in [0.15, 0.2) is 0 Å². The smallest absolute Gasteiger partial charge is 0.280 e. The van der Waals surface area contributed by atoms with E-state index in [0.29, 0.717) is 5.56 Å². The number of halogens is 3. The van der Waals surface area contributed by atoms with E-state index in [4.69, 9.17) is 11.0 Å². The molecule has 0 aliphatic heterocycles. The van der Waals surface area contributed by atoms with Crippen molar-refractivity contribution >= 4 is 21.6 Å². The highest BCUT2D eigenvalue weighted by atomic mass is 79.9. The Labute approximate surface area is 87.7 Å². The number of nitrogen functional groups attached to an aromatic ring is 1. The van der Waals surface area contributed by atoms with Crippen LogP contribution in [0, 0.1) is 11.3 Å². The SMILES string of the molecule is N#CCc1c(N)cc(C(F)F)nc1Br. The second kappa shape index (κ2) is 4.33. The van der Waals surface area contributed by atoms with Crippen LogP contribution in [-0.2, 0) is 6.42 Å². The minimum atomic E-state index is -2.66. The van der Waals surface area contributed by atoms with Crippen LogP contribution < -0.4 is 5.73 Å². The lowest BCUT2D eigenvalue weighted by Gasteiger charge is -2.06. The highest BCUT2D eigenvalue weighted by Gasteiger charge is 2.14. The van der Waals surface area contributed by atoms with Gasteiger partial charge in [0.05, 0.1) is 12.5 Å². The molecule has 0 atom stereocenters. The molecule has 0 spiro atoms. The van der Waals surface area contributed by atoms with Gasteiger partial charge in [0.2, 0.25) is 0 Å². The van der Waals surface area contributed by atoms with Gasteiger partial charge in [0.1, 0.15) is 10.3 Å². The Morgan fingerprint density at radius 2 is 2.29 bits per heavy atom. The molecule has 0 aromatic carbocycles. The fourth-order valence-electron chi connectivity index (χ4n) is 0.944. The molecule has 0 bridgehead atoms. The number of pyridine rings is 1. The van der Waals surface area contributed by atoms with E-state index in [9.17, 15) is 8.78 Å². The number of aromatic nitrogens is 1. The average Bonchev–Trinajstić information content (AvgIpc) is 2.10. The summed E-state index contributed by atoms with van der Waals surface area (Å²) in [4.78, 5) is 3.59. The molecule has 0 fully saturated rings. The molecule has 0 aliphatic rings. The van der Waals surface area contributed by atoms with Crippen molar-refractivity contribution in [1.82, 2.24) is 4.98 Å². The lowest BCUT2D eigenvalue weighted by Crippen LogP contribution is -2.01. The number of hydrogen-bond acceptors (Lipinski definition) is 3. The van der Waals surface area contributed by atoms with Crippen LogP contribution in [-0.4, -0.2) is 4.98 Å². The van der Waals surface area contributed by atoms with Crippen LogP contribution in [0.5, 0.6) is 0 Å². The van der Waals surface area contributed by atoms with Gasteiger partial charge >= 0.3 is 0 Å². The summed E-state index contributed by atoms with van der Waals surface area (Å²) >= 11 is 2.99. The zero-order valence-corrected chi connectivity index (χ0v) is 8.55. The second-order valence-corrected chi connectivity index (χ2v) is 3.29. The van der Waals surface area contributed by atoms with E-state index in [1.807, 2.05) is 6.07 Å². The largest absolute Gasteiger partial charge is 0.398 e. The summed E-state index contributed by atoms with van der Waals surface area (Å²) in [6.07, 6.45) is -2.62. The van der Waals surface area contributed by atoms with Crippen molar-refractivity contribution in [3.63, 3.8) is 0 Å². The predicted octanol–water partition coefficient (Wildman–Crippen LogP) is 2.43. The molecule has 0 saturated heterocycles. The summed E-state index contributed by atoms with van der Waals surface area (Å²) in [5.41, 5.74) is 5.70. The zero-order valence-electron chi connectivity index (χ0n) is 6.97. The van der Waals surface area contributed by atoms with E-state index < -0.39 is 12.1 Å². The molecular formula is C8H6BrF2N3. The molecule has 6 heteroatoms. The number of nitrogens with two attached hydrogens (primary N) is 1. The summed E-state index contributed by atoms with van der Waals surface area (Å²) in [6.45, 7) is 0. The number of nitriles is 1. The molecule has 1 aromatic heterocycles. The molecule has 1 heterocycles. The first kappa shape index (κ1) is 10.9. The monoisotopic (exact) mass is 261 g/mol. The quantitative estimate of drug-likeness (QED) is 0.832. The molecule has 14 heavy (non-hydrogen) atoms. The predicted molar refractivity (Wildman–Crippen MR) is 50.6 cm³/mol. The van der Waals surface area contributed by atoms with Crippen molar-refractivity contribution in [3.8, 4) is 6.07 Å². The van der Waals surface area contributed by atoms with Crippen molar-refractivity contribution in [1.29, 1.82) is 5.26 Å². The third-order valence-electron chi connectivity index (χ3n) is 1.61. The second-order valence-electron chi connectivity index (χ2n) is 2.54. The van der Waals surface area contributed by atoms with Crippen LogP contribution in [0.15, 0.2) is 10.7 Å². The molecule has 74 valence electrons. The van der Waals surface area contributed by atoms with Crippen LogP contribution in [0.2, 0.25) is 0 Å². The van der Waals surface area contributed by atoms with E-state index in [-0.39, 0.29) is 16.7 Å². The lowest BCUT2D eigenvalue weighted by molar-refractivity contribution is 0.146. The van der Waals surface area contributed by atoms with Gasteiger partial charge in [-0.2, -0.15) is 5.26 Å². The van der Waals surface area contributed by atoms with E-state index in [1.54, 1.807) is 0 Å². The van der Waals surface area contributed by atoms with Gasteiger partial charge < -0.3 is 5.73 Å². The van der Waals surface area contributed by atoms with Crippen molar-refractivity contribution in [2.24, 2.45) is 0 Å². The van der Waals surface area contributed by atoms with Gasteiger partial charge in [0.25, 0.3) is 6.43 Å². The topological polar surface area (TPSA) is 62.7 Å². The highest BCUT2D eigenvalue weighted by molar-refractivity contribution is 9.10. The maximum absolute atomic E-state index is 12.2. The van der Waals surface area contributed by atoms with Gasteiger partial charge in [0, 0.05) is 11.3 Å². The van der Waals surface area contributed by atoms with Crippen LogP contribution in [0.3, 0.4) is 0 Å². The molecule has 2 N–H and O–H groups in total. The molecule has 1 aromatic rings. The summed E-state index contributed by atoms with van der Waals surface area (Å²) < 4.78 is 24.7. The summed E-state index contributed by atoms with van der Waals surface area (Å²) in [5, 5.41) is 8.44. The Hall–Kier alpha value is -1.22. The Balaban J connectivity index is 3.19. The minimum Gasteiger partial charge on any atom is -0.398 e. The number of alkyl halides is 2. The molecule has 0 saturated carbocycles. The Morgan fingerprint density at radius 3 is 2.71 bits per heavy atom. The van der Waals surface area contributed by atoms with Crippen molar-refractivity contribution in [2.45, 2.75) is 12.8 Å². The Bertz CT molecular complexity index is 364. The zero-order chi connectivity index (χ0) is 10.7. The molecule has 0 amide bonds. The van der Waals surface area contributed by atoms with Crippen LogP contribution in [0.4, 0.5) is 14.5 Å². The number of hydrogen-bond donors (Lipinski definition) is 1. The highest BCUT2D eigenvalue weighted by Crippen LogP contribution is 2.26. The molecule has 3 nitrogen and oxygen atoms in total. The molecule has 0 unspecified atom stereocenters. The van der Waals surface area contributed by atoms with Crippen molar-refractivity contribution in [2.75, 3.05) is 5.73 Å². The van der Waals surface area contributed by atoms with Gasteiger partial charge in [-0.15, -0.1) is 0 Å². The first-order valence-corrected chi connectivity index (χ1v) is 4.45. The lowest BCUT2D eigenvalue weighted by atomic mass is 10.1. The molecule has 1 rings (SSSR count). The van der Waals surface area contributed by atoms with E-state index in [1.165, 1.54) is 0 Å². The minimum absolute atomic E-state index is 0.0446. The first-order valence-electron chi connectivity index (χ1n) is 3.66. The molecule has 0 radical (unpaired) electrons. The number of nitrogens with zero attached hydrogens (tertiary/aromatic N) is 2. The fourth-order valence-corrected chi connectivity index (χ4v) is 1.52. The third kappa shape index (κ3) is 2.17. The normalized spacial score (nSPS) is 10.2. The molecule has 0 aliphatic carbocycles. The first-order chi connectivity index (χ1) is 6.56. The average molecular weight is 262 g/mol. The van der Waals surface area contributed by atoms with Crippen molar-refractivity contribution < 1.29 is 8.78 Å². The maximum Gasteiger partial charge on any atom is 0.280 e. The standard InChI is InChI=1S/C8H6BrF2N3/c9-7-4(1-2-12)5(13)3-6(14-7)8(10)11/h3,8H,1H2,(H2,13,14). The molecular weight excluding hydrogens is 256 g/mol. The van der Waals surface area contributed by atoms with Gasteiger partial charge in [-0.25, -0.2) is 13.8 Å². The van der Waals surface area contributed by atoms with E-state index >= 15 is 0 Å². The van der Waals surface area contributed by atoms with E-state index in [2.05, 4.69) is 20.9 Å². The Morgan fingerprint density at radius 1 is 1.64 bits per heavy atom. The third-order valence-corrected chi connectivity index (χ3v) is 2.26. The van der Waals surface area contributed by atoms with Crippen LogP contribution in [0.1, 0.15) is 17.7 Å². The van der Waals surface area contributed by atoms with Crippen LogP contribution in [0.25, 0.3) is 0 Å². The maximum atomic E-state index is 12.2. The van der Waals surface area contributed by atoms with Crippen LogP contribution >= 0.6 is 15.9 Å². The fraction of sp³-hybridized carbons (Fsp3) is 0.250. The summed E-state index contributed by atoms with van der Waals surface area (Å²) in [6, 6.07) is 2.96.